The van der Waals surface area contributed by atoms with Crippen molar-refractivity contribution in [2.45, 2.75) is 135 Å². The molecule has 0 fully saturated rings. The number of nitroso groups, excluding NO2 is 1. The zero-order valence-corrected chi connectivity index (χ0v) is 18.7. The second-order valence-electron chi connectivity index (χ2n) is 7.78. The second kappa shape index (κ2) is 26.0. The van der Waals surface area contributed by atoms with Gasteiger partial charge in [0.1, 0.15) is 6.04 Å². The van der Waals surface area contributed by atoms with Crippen molar-refractivity contribution in [1.29, 1.82) is 0 Å². The van der Waals surface area contributed by atoms with Crippen molar-refractivity contribution in [3.63, 3.8) is 0 Å². The van der Waals surface area contributed by atoms with Gasteiger partial charge in [0.15, 0.2) is 0 Å². The minimum absolute atomic E-state index is 0.0950. The van der Waals surface area contributed by atoms with Crippen LogP contribution < -0.4 is 0 Å². The number of aliphatic hydroxyl groups excluding tert-OH is 1. The third kappa shape index (κ3) is 27.3. The highest BCUT2D eigenvalue weighted by molar-refractivity contribution is 5.66. The number of carboxylic acid groups (broad SMARTS) is 1. The van der Waals surface area contributed by atoms with Crippen molar-refractivity contribution in [2.24, 2.45) is 5.18 Å². The minimum Gasteiger partial charge on any atom is -0.481 e. The monoisotopic (exact) mass is 401 g/mol. The Labute approximate surface area is 173 Å². The quantitative estimate of drug-likeness (QED) is 0.166. The van der Waals surface area contributed by atoms with Crippen LogP contribution in [0.4, 0.5) is 0 Å². The molecular weight excluding hydrogens is 354 g/mol. The Morgan fingerprint density at radius 1 is 0.714 bits per heavy atom. The topological polar surface area (TPSA) is 87.0 Å². The Hall–Kier alpha value is -0.970. The number of rotatable bonds is 20. The van der Waals surface area contributed by atoms with E-state index < -0.39 is 5.97 Å². The van der Waals surface area contributed by atoms with Gasteiger partial charge in [0.05, 0.1) is 6.61 Å². The molecule has 0 aromatic heterocycles. The van der Waals surface area contributed by atoms with Crippen LogP contribution in [-0.4, -0.2) is 28.8 Å². The van der Waals surface area contributed by atoms with Gasteiger partial charge in [-0.1, -0.05) is 122 Å². The summed E-state index contributed by atoms with van der Waals surface area (Å²) in [6.07, 6.45) is 22.7. The summed E-state index contributed by atoms with van der Waals surface area (Å²) < 4.78 is 0. The molecule has 0 aliphatic carbocycles. The van der Waals surface area contributed by atoms with E-state index in [-0.39, 0.29) is 19.1 Å². The van der Waals surface area contributed by atoms with Gasteiger partial charge < -0.3 is 10.2 Å². The Bertz CT molecular complexity index is 324. The van der Waals surface area contributed by atoms with Crippen LogP contribution in [0.15, 0.2) is 5.18 Å². The fourth-order valence-electron chi connectivity index (χ4n) is 3.11. The summed E-state index contributed by atoms with van der Waals surface area (Å²) >= 11 is 0. The molecule has 0 aromatic rings. The molecule has 5 heteroatoms. The molecule has 2 N–H and O–H groups in total. The normalized spacial score (nSPS) is 11.5. The molecule has 0 heterocycles. The van der Waals surface area contributed by atoms with Gasteiger partial charge in [-0.2, -0.15) is 4.91 Å². The van der Waals surface area contributed by atoms with E-state index in [2.05, 4.69) is 12.1 Å². The van der Waals surface area contributed by atoms with Crippen LogP contribution in [-0.2, 0) is 4.79 Å². The number of aliphatic carboxylic acids is 1. The average Bonchev–Trinajstić information content (AvgIpc) is 2.71. The maximum atomic E-state index is 10.3. The standard InChI is InChI=1S/C20H41NO2.C3H6O2/c1-2-3-4-5-6-7-8-9-10-11-12-13-14-15-16-17-18-20(19-22)21-23;1-2-3(4)5/h20,22H,2-19H2,1H3;2H2,1H3,(H,4,5). The summed E-state index contributed by atoms with van der Waals surface area (Å²) in [5.74, 6) is -0.745. The molecule has 168 valence electrons. The van der Waals surface area contributed by atoms with Gasteiger partial charge >= 0.3 is 5.97 Å². The van der Waals surface area contributed by atoms with E-state index in [0.717, 1.165) is 12.8 Å². The van der Waals surface area contributed by atoms with Crippen molar-refractivity contribution in [2.75, 3.05) is 6.61 Å². The van der Waals surface area contributed by atoms with E-state index in [1.807, 2.05) is 0 Å². The molecular formula is C23H47NO4. The van der Waals surface area contributed by atoms with Crippen molar-refractivity contribution in [3.8, 4) is 0 Å². The van der Waals surface area contributed by atoms with E-state index in [1.165, 1.54) is 96.3 Å². The molecule has 0 aliphatic heterocycles. The van der Waals surface area contributed by atoms with Gasteiger partial charge in [0.25, 0.3) is 0 Å². The zero-order valence-electron chi connectivity index (χ0n) is 18.7. The summed E-state index contributed by atoms with van der Waals surface area (Å²) in [4.78, 5) is 19.7. The summed E-state index contributed by atoms with van der Waals surface area (Å²) in [5.41, 5.74) is 0. The van der Waals surface area contributed by atoms with Gasteiger partial charge in [-0.3, -0.25) is 4.79 Å². The zero-order chi connectivity index (χ0) is 21.3. The molecule has 0 rings (SSSR count). The third-order valence-electron chi connectivity index (χ3n) is 5.05. The van der Waals surface area contributed by atoms with Crippen LogP contribution in [0.5, 0.6) is 0 Å². The van der Waals surface area contributed by atoms with Crippen molar-refractivity contribution in [3.05, 3.63) is 4.91 Å². The highest BCUT2D eigenvalue weighted by Gasteiger charge is 2.05. The lowest BCUT2D eigenvalue weighted by molar-refractivity contribution is -0.136. The minimum atomic E-state index is -0.745. The lowest BCUT2D eigenvalue weighted by Gasteiger charge is -2.05. The first kappa shape index (κ1) is 29.2. The molecule has 0 aliphatic rings. The molecule has 28 heavy (non-hydrogen) atoms. The maximum Gasteiger partial charge on any atom is 0.303 e. The van der Waals surface area contributed by atoms with Gasteiger partial charge in [0, 0.05) is 6.42 Å². The Morgan fingerprint density at radius 3 is 1.29 bits per heavy atom. The summed E-state index contributed by atoms with van der Waals surface area (Å²) in [7, 11) is 0. The number of nitrogens with zero attached hydrogens (tertiary/aromatic N) is 1. The Morgan fingerprint density at radius 2 is 1.04 bits per heavy atom. The highest BCUT2D eigenvalue weighted by atomic mass is 16.4. The van der Waals surface area contributed by atoms with Crippen molar-refractivity contribution in [1.82, 2.24) is 0 Å². The lowest BCUT2D eigenvalue weighted by atomic mass is 10.0. The van der Waals surface area contributed by atoms with E-state index in [9.17, 15) is 9.70 Å². The maximum absolute atomic E-state index is 10.3. The second-order valence-corrected chi connectivity index (χ2v) is 7.78. The molecule has 0 aromatic carbocycles. The summed E-state index contributed by atoms with van der Waals surface area (Å²) in [5, 5.41) is 19.5. The first-order valence-electron chi connectivity index (χ1n) is 11.8. The SMILES string of the molecule is CCC(=O)O.CCCCCCCCCCCCCCCCCCC(CO)N=O. The number of unbranched alkanes of at least 4 members (excludes halogenated alkanes) is 15. The number of hydrogen-bond acceptors (Lipinski definition) is 4. The molecule has 5 nitrogen and oxygen atoms in total. The smallest absolute Gasteiger partial charge is 0.303 e. The third-order valence-corrected chi connectivity index (χ3v) is 5.05. The van der Waals surface area contributed by atoms with Gasteiger partial charge in [-0.05, 0) is 6.42 Å². The number of hydrogen-bond donors (Lipinski definition) is 2. The molecule has 0 radical (unpaired) electrons. The highest BCUT2D eigenvalue weighted by Crippen LogP contribution is 2.14. The Kier molecular flexibility index (Phi) is 27.2. The van der Waals surface area contributed by atoms with Gasteiger partial charge in [-0.25, -0.2) is 0 Å². The number of aliphatic hydroxyl groups is 1. The molecule has 1 unspecified atom stereocenters. The molecule has 0 bridgehead atoms. The van der Waals surface area contributed by atoms with Crippen molar-refractivity contribution < 1.29 is 15.0 Å². The Balaban J connectivity index is 0. The predicted molar refractivity (Wildman–Crippen MR) is 119 cm³/mol. The number of carbonyl (C=O) groups is 1. The molecule has 0 saturated carbocycles. The molecule has 0 spiro atoms. The van der Waals surface area contributed by atoms with E-state index in [0.29, 0.717) is 0 Å². The number of carboxylic acids is 1. The lowest BCUT2D eigenvalue weighted by Crippen LogP contribution is -2.08. The van der Waals surface area contributed by atoms with Gasteiger partial charge in [-0.15, -0.1) is 0 Å². The van der Waals surface area contributed by atoms with Crippen LogP contribution in [0, 0.1) is 4.91 Å². The van der Waals surface area contributed by atoms with Crippen molar-refractivity contribution >= 4 is 5.97 Å². The van der Waals surface area contributed by atoms with Crippen LogP contribution in [0.2, 0.25) is 0 Å². The van der Waals surface area contributed by atoms with E-state index >= 15 is 0 Å². The predicted octanol–water partition coefficient (Wildman–Crippen LogP) is 7.25. The summed E-state index contributed by atoms with van der Waals surface area (Å²) in [6.45, 7) is 3.78. The first-order chi connectivity index (χ1) is 13.6. The van der Waals surface area contributed by atoms with Crippen LogP contribution in [0.3, 0.4) is 0 Å². The fourth-order valence-corrected chi connectivity index (χ4v) is 3.11. The van der Waals surface area contributed by atoms with Crippen LogP contribution in [0.25, 0.3) is 0 Å². The molecule has 0 amide bonds. The first-order valence-corrected chi connectivity index (χ1v) is 11.8. The largest absolute Gasteiger partial charge is 0.481 e. The van der Waals surface area contributed by atoms with Crippen LogP contribution in [0.1, 0.15) is 129 Å². The van der Waals surface area contributed by atoms with Crippen LogP contribution >= 0.6 is 0 Å². The van der Waals surface area contributed by atoms with E-state index in [4.69, 9.17) is 10.2 Å². The molecule has 1 atom stereocenters. The average molecular weight is 402 g/mol. The van der Waals surface area contributed by atoms with E-state index in [1.54, 1.807) is 6.92 Å². The summed E-state index contributed by atoms with van der Waals surface area (Å²) in [6, 6.07) is -0.373. The fraction of sp³-hybridized carbons (Fsp3) is 0.957. The molecule has 0 saturated heterocycles. The van der Waals surface area contributed by atoms with Gasteiger partial charge in [0.2, 0.25) is 0 Å².